The number of hydrogen-bond acceptors (Lipinski definition) is 10. The number of nitrogens with one attached hydrogen (secondary N) is 1. The number of carbonyl (C=O) groups is 2. The molecule has 0 bridgehead atoms. The number of hydrogen-bond donors (Lipinski definition) is 6. The van der Waals surface area contributed by atoms with Crippen LogP contribution in [0.15, 0.2) is 146 Å². The molecule has 8 atom stereocenters. The first kappa shape index (κ1) is 70.6. The molecule has 0 spiro atoms. The van der Waals surface area contributed by atoms with E-state index in [0.717, 1.165) is 109 Å². The molecule has 1 amide bonds. The first-order valence-electron chi connectivity index (χ1n) is 29.7. The molecule has 6 N–H and O–H groups in total. The number of unbranched alkanes of at least 4 members (excludes halogenated alkanes) is 15. The van der Waals surface area contributed by atoms with Gasteiger partial charge in [0.1, 0.15) is 24.4 Å². The maximum absolute atomic E-state index is 13.4. The summed E-state index contributed by atoms with van der Waals surface area (Å²) in [6, 6.07) is -1.06. The average Bonchev–Trinajstić information content (AvgIpc) is 3.43. The van der Waals surface area contributed by atoms with Crippen LogP contribution in [0.3, 0.4) is 0 Å². The average molecular weight is 1070 g/mol. The van der Waals surface area contributed by atoms with Crippen molar-refractivity contribution in [3.8, 4) is 0 Å². The van der Waals surface area contributed by atoms with Crippen molar-refractivity contribution in [3.63, 3.8) is 0 Å². The van der Waals surface area contributed by atoms with Crippen LogP contribution in [0.4, 0.5) is 0 Å². The molecule has 1 fully saturated rings. The number of amides is 1. The Morgan fingerprint density at radius 3 is 1.56 bits per heavy atom. The zero-order valence-electron chi connectivity index (χ0n) is 47.8. The molecule has 77 heavy (non-hydrogen) atoms. The van der Waals surface area contributed by atoms with Gasteiger partial charge in [0.15, 0.2) is 12.4 Å². The standard InChI is InChI=1S/C66H105NO10/c1-4-7-10-13-16-19-22-24-26-27-28-29-30-31-32-33-34-36-39-42-45-48-51-54-61(71)77-64-63(73)62(72)60(55-68)76-66(64)75-56-57(58(69)52-49-46-43-40-37-21-18-15-12-9-6-3)67-65(74)59(70)53-50-47-44-41-38-35-25-23-20-17-14-11-8-5-2/h7-8,10-11,14,16-17,19-20,23-26,28-29,31-32,34-36,38,41,49,52,57-60,62-64,66,68-70,72-73H,4-6,9,12-13,15,18,21-22,27,30,33,37,39-40,42-48,50-51,53-56H2,1-3H3,(H,67,74)/b10-7-,11-8+,17-14+,19-16-,23-20-,26-24-,29-28-,32-31-,35-25-,36-34-,41-38+,52-49+. The molecule has 11 nitrogen and oxygen atoms in total. The second-order valence-electron chi connectivity index (χ2n) is 19.7. The third-order valence-corrected chi connectivity index (χ3v) is 12.9. The lowest BCUT2D eigenvalue weighted by Crippen LogP contribution is -2.61. The highest BCUT2D eigenvalue weighted by Gasteiger charge is 2.47. The minimum absolute atomic E-state index is 0.0784. The quantitative estimate of drug-likeness (QED) is 0.0149. The number of esters is 1. The summed E-state index contributed by atoms with van der Waals surface area (Å²) in [6.45, 7) is 5.45. The van der Waals surface area contributed by atoms with E-state index in [4.69, 9.17) is 14.2 Å². The lowest BCUT2D eigenvalue weighted by Gasteiger charge is -2.41. The summed E-state index contributed by atoms with van der Waals surface area (Å²) >= 11 is 0. The van der Waals surface area contributed by atoms with E-state index < -0.39 is 67.4 Å². The minimum atomic E-state index is -1.64. The van der Waals surface area contributed by atoms with Crippen LogP contribution in [0, 0.1) is 0 Å². The predicted octanol–water partition coefficient (Wildman–Crippen LogP) is 13.8. The van der Waals surface area contributed by atoms with Crippen molar-refractivity contribution >= 4 is 11.9 Å². The molecule has 8 unspecified atom stereocenters. The summed E-state index contributed by atoms with van der Waals surface area (Å²) in [5, 5.41) is 56.8. The molecule has 0 aromatic heterocycles. The van der Waals surface area contributed by atoms with Crippen molar-refractivity contribution in [2.45, 2.75) is 243 Å². The number of ether oxygens (including phenoxy) is 3. The van der Waals surface area contributed by atoms with E-state index >= 15 is 0 Å². The van der Waals surface area contributed by atoms with Crippen LogP contribution in [0.5, 0.6) is 0 Å². The van der Waals surface area contributed by atoms with Crippen molar-refractivity contribution in [1.82, 2.24) is 5.32 Å². The first-order valence-corrected chi connectivity index (χ1v) is 29.7. The largest absolute Gasteiger partial charge is 0.454 e. The fourth-order valence-corrected chi connectivity index (χ4v) is 8.20. The molecule has 434 valence electrons. The van der Waals surface area contributed by atoms with E-state index in [0.29, 0.717) is 12.8 Å². The molecule has 1 saturated heterocycles. The van der Waals surface area contributed by atoms with E-state index in [9.17, 15) is 35.1 Å². The summed E-state index contributed by atoms with van der Waals surface area (Å²) < 4.78 is 17.5. The Kier molecular flexibility index (Phi) is 47.9. The van der Waals surface area contributed by atoms with Gasteiger partial charge in [-0.2, -0.15) is 0 Å². The number of carbonyl (C=O) groups excluding carboxylic acids is 2. The summed E-state index contributed by atoms with van der Waals surface area (Å²) in [5.41, 5.74) is 0. The fourth-order valence-electron chi connectivity index (χ4n) is 8.20. The van der Waals surface area contributed by atoms with Gasteiger partial charge in [0.2, 0.25) is 5.91 Å². The Morgan fingerprint density at radius 2 is 1.00 bits per heavy atom. The molecule has 0 aromatic carbocycles. The van der Waals surface area contributed by atoms with Crippen molar-refractivity contribution in [2.24, 2.45) is 0 Å². The zero-order chi connectivity index (χ0) is 56.1. The Labute approximate surface area is 466 Å². The Hall–Kier alpha value is -4.46. The second-order valence-corrected chi connectivity index (χ2v) is 19.7. The Morgan fingerprint density at radius 1 is 0.532 bits per heavy atom. The van der Waals surface area contributed by atoms with E-state index in [1.54, 1.807) is 6.08 Å². The summed E-state index contributed by atoms with van der Waals surface area (Å²) in [6.07, 6.45) is 64.6. The van der Waals surface area contributed by atoms with Gasteiger partial charge in [0.25, 0.3) is 0 Å². The van der Waals surface area contributed by atoms with Crippen LogP contribution in [0.2, 0.25) is 0 Å². The highest BCUT2D eigenvalue weighted by Crippen LogP contribution is 2.26. The maximum Gasteiger partial charge on any atom is 0.306 e. The van der Waals surface area contributed by atoms with Crippen molar-refractivity contribution < 1.29 is 49.3 Å². The van der Waals surface area contributed by atoms with Crippen LogP contribution < -0.4 is 5.32 Å². The molecular weight excluding hydrogens is 967 g/mol. The van der Waals surface area contributed by atoms with Gasteiger partial charge in [-0.25, -0.2) is 0 Å². The van der Waals surface area contributed by atoms with Crippen LogP contribution in [0.1, 0.15) is 194 Å². The Balaban J connectivity index is 2.72. The van der Waals surface area contributed by atoms with Gasteiger partial charge < -0.3 is 45.1 Å². The van der Waals surface area contributed by atoms with Crippen LogP contribution in [-0.2, 0) is 23.8 Å². The third kappa shape index (κ3) is 40.4. The highest BCUT2D eigenvalue weighted by molar-refractivity contribution is 5.80. The zero-order valence-corrected chi connectivity index (χ0v) is 47.8. The topological polar surface area (TPSA) is 175 Å². The molecule has 1 aliphatic rings. The van der Waals surface area contributed by atoms with Crippen LogP contribution in [-0.4, -0.2) is 99.6 Å². The number of aliphatic hydroxyl groups excluding tert-OH is 5. The molecule has 0 aromatic rings. The van der Waals surface area contributed by atoms with Crippen molar-refractivity contribution in [3.05, 3.63) is 146 Å². The molecule has 0 radical (unpaired) electrons. The van der Waals surface area contributed by atoms with Crippen LogP contribution >= 0.6 is 0 Å². The first-order chi connectivity index (χ1) is 37.7. The minimum Gasteiger partial charge on any atom is -0.454 e. The van der Waals surface area contributed by atoms with E-state index in [1.165, 1.54) is 38.5 Å². The van der Waals surface area contributed by atoms with Crippen molar-refractivity contribution in [1.29, 1.82) is 0 Å². The monoisotopic (exact) mass is 1070 g/mol. The third-order valence-electron chi connectivity index (χ3n) is 12.9. The van der Waals surface area contributed by atoms with Gasteiger partial charge in [0.05, 0.1) is 25.4 Å². The Bertz CT molecular complexity index is 1800. The van der Waals surface area contributed by atoms with E-state index in [-0.39, 0.29) is 19.4 Å². The van der Waals surface area contributed by atoms with E-state index in [2.05, 4.69) is 105 Å². The summed E-state index contributed by atoms with van der Waals surface area (Å²) in [5.74, 6) is -1.28. The molecule has 11 heteroatoms. The predicted molar refractivity (Wildman–Crippen MR) is 319 cm³/mol. The molecule has 0 saturated carbocycles. The van der Waals surface area contributed by atoms with Gasteiger partial charge in [-0.1, -0.05) is 237 Å². The number of aliphatic hydroxyl groups is 5. The summed E-state index contributed by atoms with van der Waals surface area (Å²) in [7, 11) is 0. The normalized spacial score (nSPS) is 20.1. The molecule has 1 heterocycles. The molecular formula is C66H105NO10. The van der Waals surface area contributed by atoms with Gasteiger partial charge in [-0.05, 0) is 96.3 Å². The van der Waals surface area contributed by atoms with Crippen LogP contribution in [0.25, 0.3) is 0 Å². The lowest BCUT2D eigenvalue weighted by atomic mass is 9.99. The van der Waals surface area contributed by atoms with Gasteiger partial charge in [-0.3, -0.25) is 9.59 Å². The SMILES string of the molecule is CC/C=C\C/C=C\C/C=C\C/C=C\C/C=C\C/C=C\CCCCCCC(=O)OC1C(OCC(NC(=O)C(O)CCCC/C=C/C=C\C=C/C=C/C=C/CC)C(O)/C=C/CCCCCCCCCCC)OC(CO)C(O)C1O. The second kappa shape index (κ2) is 52.3. The lowest BCUT2D eigenvalue weighted by molar-refractivity contribution is -0.305. The fraction of sp³-hybridized carbons (Fsp3) is 0.606. The maximum atomic E-state index is 13.4. The summed E-state index contributed by atoms with van der Waals surface area (Å²) in [4.78, 5) is 26.5. The molecule has 1 rings (SSSR count). The van der Waals surface area contributed by atoms with E-state index in [1.807, 2.05) is 60.8 Å². The van der Waals surface area contributed by atoms with Gasteiger partial charge in [0, 0.05) is 6.42 Å². The number of rotatable bonds is 47. The molecule has 0 aliphatic carbocycles. The van der Waals surface area contributed by atoms with Crippen molar-refractivity contribution in [2.75, 3.05) is 13.2 Å². The number of allylic oxidation sites excluding steroid dienone is 23. The highest BCUT2D eigenvalue weighted by atomic mass is 16.7. The smallest absolute Gasteiger partial charge is 0.306 e. The molecule has 1 aliphatic heterocycles. The van der Waals surface area contributed by atoms with Gasteiger partial charge in [-0.15, -0.1) is 0 Å². The van der Waals surface area contributed by atoms with Gasteiger partial charge >= 0.3 is 5.97 Å².